The van der Waals surface area contributed by atoms with Crippen molar-refractivity contribution in [2.45, 2.75) is 19.5 Å². The highest BCUT2D eigenvalue weighted by Gasteiger charge is 2.33. The van der Waals surface area contributed by atoms with Crippen LogP contribution in [0.15, 0.2) is 42.5 Å². The quantitative estimate of drug-likeness (QED) is 0.656. The minimum absolute atomic E-state index is 0.0663. The van der Waals surface area contributed by atoms with Gasteiger partial charge in [0.15, 0.2) is 0 Å². The number of rotatable bonds is 2. The summed E-state index contributed by atoms with van der Waals surface area (Å²) in [6.07, 6.45) is -9.39. The maximum absolute atomic E-state index is 12.7. The minimum atomic E-state index is -4.88. The van der Waals surface area contributed by atoms with Crippen LogP contribution in [0, 0.1) is 6.92 Å². The van der Waals surface area contributed by atoms with Gasteiger partial charge in [0.05, 0.1) is 5.56 Å². The van der Waals surface area contributed by atoms with Crippen LogP contribution in [0.3, 0.4) is 0 Å². The van der Waals surface area contributed by atoms with Crippen LogP contribution in [-0.4, -0.2) is 6.36 Å². The van der Waals surface area contributed by atoms with Crippen LogP contribution >= 0.6 is 0 Å². The van der Waals surface area contributed by atoms with Gasteiger partial charge in [-0.15, -0.1) is 13.2 Å². The van der Waals surface area contributed by atoms with Crippen molar-refractivity contribution >= 4 is 0 Å². The molecule has 1 nitrogen and oxygen atoms in total. The lowest BCUT2D eigenvalue weighted by Gasteiger charge is -2.15. The molecule has 0 spiro atoms. The highest BCUT2D eigenvalue weighted by molar-refractivity contribution is 5.71. The van der Waals surface area contributed by atoms with Crippen molar-refractivity contribution < 1.29 is 31.1 Å². The molecule has 0 unspecified atom stereocenters. The van der Waals surface area contributed by atoms with Crippen molar-refractivity contribution in [1.82, 2.24) is 0 Å². The van der Waals surface area contributed by atoms with Crippen LogP contribution in [-0.2, 0) is 6.18 Å². The maximum atomic E-state index is 12.7. The van der Waals surface area contributed by atoms with Gasteiger partial charge in [-0.3, -0.25) is 0 Å². The molecule has 0 bridgehead atoms. The molecule has 0 fully saturated rings. The van der Waals surface area contributed by atoms with Crippen molar-refractivity contribution in [3.63, 3.8) is 0 Å². The summed E-state index contributed by atoms with van der Waals surface area (Å²) in [7, 11) is 0. The van der Waals surface area contributed by atoms with E-state index in [1.165, 1.54) is 31.2 Å². The van der Waals surface area contributed by atoms with E-state index in [1.807, 2.05) is 0 Å². The van der Waals surface area contributed by atoms with Crippen molar-refractivity contribution in [2.75, 3.05) is 0 Å². The van der Waals surface area contributed by atoms with Crippen LogP contribution in [0.25, 0.3) is 11.1 Å². The Morgan fingerprint density at radius 3 is 2.05 bits per heavy atom. The van der Waals surface area contributed by atoms with Crippen LogP contribution < -0.4 is 4.74 Å². The van der Waals surface area contributed by atoms with E-state index in [-0.39, 0.29) is 16.7 Å². The van der Waals surface area contributed by atoms with Crippen molar-refractivity contribution in [2.24, 2.45) is 0 Å². The fraction of sp³-hybridized carbons (Fsp3) is 0.200. The first-order valence-corrected chi connectivity index (χ1v) is 6.11. The van der Waals surface area contributed by atoms with Gasteiger partial charge in [0, 0.05) is 5.56 Å². The van der Waals surface area contributed by atoms with Crippen molar-refractivity contribution in [3.8, 4) is 16.9 Å². The van der Waals surface area contributed by atoms with Crippen LogP contribution in [0.2, 0.25) is 0 Å². The number of para-hydroxylation sites is 1. The average molecular weight is 320 g/mol. The van der Waals surface area contributed by atoms with E-state index in [9.17, 15) is 26.3 Å². The van der Waals surface area contributed by atoms with Gasteiger partial charge in [-0.05, 0) is 30.2 Å². The Balaban J connectivity index is 2.47. The highest BCUT2D eigenvalue weighted by Crippen LogP contribution is 2.37. The second-order valence-corrected chi connectivity index (χ2v) is 4.57. The Kier molecular flexibility index (Phi) is 4.08. The number of benzene rings is 2. The molecule has 2 aromatic rings. The summed E-state index contributed by atoms with van der Waals surface area (Å²) in [5.74, 6) is -0.464. The number of aryl methyl sites for hydroxylation is 1. The normalized spacial score (nSPS) is 12.3. The Morgan fingerprint density at radius 1 is 0.864 bits per heavy atom. The van der Waals surface area contributed by atoms with Gasteiger partial charge in [0.1, 0.15) is 5.75 Å². The standard InChI is InChI=1S/C15H10F6O/c1-9-8-10(6-7-12(9)14(16,17)18)11-4-2-3-5-13(11)22-15(19,20)21/h2-8H,1H3. The second-order valence-electron chi connectivity index (χ2n) is 4.57. The molecule has 0 aliphatic rings. The Morgan fingerprint density at radius 2 is 1.50 bits per heavy atom. The highest BCUT2D eigenvalue weighted by atomic mass is 19.4. The van der Waals surface area contributed by atoms with E-state index < -0.39 is 23.9 Å². The SMILES string of the molecule is Cc1cc(-c2ccccc2OC(F)(F)F)ccc1C(F)(F)F. The maximum Gasteiger partial charge on any atom is 0.573 e. The Labute approximate surface area is 122 Å². The summed E-state index contributed by atoms with van der Waals surface area (Å²) in [5.41, 5.74) is -0.626. The lowest BCUT2D eigenvalue weighted by Crippen LogP contribution is -2.17. The molecular weight excluding hydrogens is 310 g/mol. The Bertz CT molecular complexity index is 672. The van der Waals surface area contributed by atoms with Crippen LogP contribution in [0.4, 0.5) is 26.3 Å². The van der Waals surface area contributed by atoms with Crippen LogP contribution in [0.5, 0.6) is 5.75 Å². The summed E-state index contributed by atoms with van der Waals surface area (Å²) < 4.78 is 79.1. The molecule has 0 aromatic heterocycles. The van der Waals surface area contributed by atoms with Crippen molar-refractivity contribution in [1.29, 1.82) is 0 Å². The van der Waals surface area contributed by atoms with Gasteiger partial charge in [0.2, 0.25) is 0 Å². The van der Waals surface area contributed by atoms with E-state index in [0.717, 1.165) is 18.2 Å². The molecule has 2 aromatic carbocycles. The molecule has 0 saturated carbocycles. The van der Waals surface area contributed by atoms with E-state index >= 15 is 0 Å². The molecule has 0 N–H and O–H groups in total. The third-order valence-corrected chi connectivity index (χ3v) is 2.96. The lowest BCUT2D eigenvalue weighted by atomic mass is 9.99. The molecule has 0 atom stereocenters. The van der Waals surface area contributed by atoms with E-state index in [2.05, 4.69) is 4.74 Å². The zero-order valence-corrected chi connectivity index (χ0v) is 11.2. The first-order chi connectivity index (χ1) is 10.1. The van der Waals surface area contributed by atoms with E-state index in [0.29, 0.717) is 0 Å². The largest absolute Gasteiger partial charge is 0.573 e. The van der Waals surface area contributed by atoms with Gasteiger partial charge in [0.25, 0.3) is 0 Å². The summed E-state index contributed by atoms with van der Waals surface area (Å²) in [5, 5.41) is 0. The smallest absolute Gasteiger partial charge is 0.405 e. The molecule has 0 amide bonds. The molecule has 0 heterocycles. The topological polar surface area (TPSA) is 9.23 Å². The molecule has 0 saturated heterocycles. The summed E-state index contributed by atoms with van der Waals surface area (Å²) in [6, 6.07) is 8.43. The van der Waals surface area contributed by atoms with E-state index in [4.69, 9.17) is 0 Å². The molecule has 0 radical (unpaired) electrons. The first-order valence-electron chi connectivity index (χ1n) is 6.11. The zero-order valence-electron chi connectivity index (χ0n) is 11.2. The zero-order chi connectivity index (χ0) is 16.5. The third kappa shape index (κ3) is 3.72. The van der Waals surface area contributed by atoms with Gasteiger partial charge in [-0.25, -0.2) is 0 Å². The summed E-state index contributed by atoms with van der Waals surface area (Å²) in [6.45, 7) is 1.25. The third-order valence-electron chi connectivity index (χ3n) is 2.96. The van der Waals surface area contributed by atoms with Gasteiger partial charge in [-0.2, -0.15) is 13.2 Å². The molecule has 0 aliphatic heterocycles. The number of hydrogen-bond donors (Lipinski definition) is 0. The van der Waals surface area contributed by atoms with Gasteiger partial charge >= 0.3 is 12.5 Å². The summed E-state index contributed by atoms with van der Waals surface area (Å²) >= 11 is 0. The van der Waals surface area contributed by atoms with E-state index in [1.54, 1.807) is 0 Å². The monoisotopic (exact) mass is 320 g/mol. The second kappa shape index (κ2) is 5.55. The molecule has 118 valence electrons. The molecule has 2 rings (SSSR count). The van der Waals surface area contributed by atoms with Crippen LogP contribution in [0.1, 0.15) is 11.1 Å². The van der Waals surface area contributed by atoms with Crippen molar-refractivity contribution in [3.05, 3.63) is 53.6 Å². The lowest BCUT2D eigenvalue weighted by molar-refractivity contribution is -0.274. The molecular formula is C15H10F6O. The molecule has 0 aliphatic carbocycles. The first kappa shape index (κ1) is 16.2. The predicted octanol–water partition coefficient (Wildman–Crippen LogP) is 5.58. The van der Waals surface area contributed by atoms with Gasteiger partial charge < -0.3 is 4.74 Å². The fourth-order valence-corrected chi connectivity index (χ4v) is 2.07. The fourth-order valence-electron chi connectivity index (χ4n) is 2.07. The number of hydrogen-bond acceptors (Lipinski definition) is 1. The minimum Gasteiger partial charge on any atom is -0.405 e. The number of ether oxygens (including phenoxy) is 1. The molecule has 7 heteroatoms. The predicted molar refractivity (Wildman–Crippen MR) is 68.3 cm³/mol. The molecule has 22 heavy (non-hydrogen) atoms. The number of alkyl halides is 6. The summed E-state index contributed by atoms with van der Waals surface area (Å²) in [4.78, 5) is 0. The van der Waals surface area contributed by atoms with Gasteiger partial charge in [-0.1, -0.05) is 30.3 Å². The average Bonchev–Trinajstić information content (AvgIpc) is 2.35. The number of halogens is 6. The Hall–Kier alpha value is -2.18.